The Bertz CT molecular complexity index is 276. The van der Waals surface area contributed by atoms with Crippen molar-refractivity contribution in [3.63, 3.8) is 0 Å². The SMILES string of the molecule is CC(C)C(=O)Cc1cn(C)cn1. The van der Waals surface area contributed by atoms with E-state index in [1.807, 2.05) is 31.7 Å². The molecule has 0 atom stereocenters. The van der Waals surface area contributed by atoms with Crippen LogP contribution in [0.5, 0.6) is 0 Å². The van der Waals surface area contributed by atoms with Crippen molar-refractivity contribution in [2.75, 3.05) is 0 Å². The zero-order valence-corrected chi connectivity index (χ0v) is 7.74. The minimum Gasteiger partial charge on any atom is -0.340 e. The van der Waals surface area contributed by atoms with Crippen LogP contribution in [0.1, 0.15) is 19.5 Å². The second kappa shape index (κ2) is 3.52. The van der Waals surface area contributed by atoms with Gasteiger partial charge in [0.25, 0.3) is 0 Å². The lowest BCUT2D eigenvalue weighted by Gasteiger charge is -1.99. The summed E-state index contributed by atoms with van der Waals surface area (Å²) in [6.45, 7) is 3.82. The van der Waals surface area contributed by atoms with E-state index in [1.54, 1.807) is 6.33 Å². The van der Waals surface area contributed by atoms with Crippen LogP contribution in [0.4, 0.5) is 0 Å². The fraction of sp³-hybridized carbons (Fsp3) is 0.556. The van der Waals surface area contributed by atoms with E-state index >= 15 is 0 Å². The molecule has 3 heteroatoms. The van der Waals surface area contributed by atoms with Gasteiger partial charge in [0.15, 0.2) is 0 Å². The molecule has 0 fully saturated rings. The quantitative estimate of drug-likeness (QED) is 0.676. The van der Waals surface area contributed by atoms with Crippen LogP contribution in [-0.4, -0.2) is 15.3 Å². The summed E-state index contributed by atoms with van der Waals surface area (Å²) in [5, 5.41) is 0. The van der Waals surface area contributed by atoms with Crippen molar-refractivity contribution < 1.29 is 4.79 Å². The molecule has 0 bridgehead atoms. The number of rotatable bonds is 3. The Kier molecular flexibility index (Phi) is 2.63. The second-order valence-electron chi connectivity index (χ2n) is 3.33. The first-order valence-corrected chi connectivity index (χ1v) is 4.09. The number of aryl methyl sites for hydroxylation is 1. The van der Waals surface area contributed by atoms with Gasteiger partial charge in [0.2, 0.25) is 0 Å². The molecule has 0 aliphatic rings. The van der Waals surface area contributed by atoms with Crippen molar-refractivity contribution in [1.29, 1.82) is 0 Å². The van der Waals surface area contributed by atoms with Gasteiger partial charge in [-0.05, 0) is 0 Å². The van der Waals surface area contributed by atoms with Crippen LogP contribution < -0.4 is 0 Å². The van der Waals surface area contributed by atoms with Crippen LogP contribution in [0.2, 0.25) is 0 Å². The third kappa shape index (κ3) is 2.19. The Morgan fingerprint density at radius 2 is 2.33 bits per heavy atom. The number of imidazole rings is 1. The van der Waals surface area contributed by atoms with E-state index in [2.05, 4.69) is 4.98 Å². The lowest BCUT2D eigenvalue weighted by molar-refractivity contribution is -0.121. The van der Waals surface area contributed by atoms with Gasteiger partial charge < -0.3 is 4.57 Å². The maximum absolute atomic E-state index is 11.3. The van der Waals surface area contributed by atoms with Gasteiger partial charge in [-0.2, -0.15) is 0 Å². The fourth-order valence-corrected chi connectivity index (χ4v) is 0.941. The third-order valence-corrected chi connectivity index (χ3v) is 1.76. The molecule has 0 aliphatic carbocycles. The summed E-state index contributed by atoms with van der Waals surface area (Å²) in [6, 6.07) is 0. The summed E-state index contributed by atoms with van der Waals surface area (Å²) in [5.74, 6) is 0.348. The standard InChI is InChI=1S/C9H14N2O/c1-7(2)9(12)4-8-5-11(3)6-10-8/h5-7H,4H2,1-3H3. The molecule has 0 amide bonds. The smallest absolute Gasteiger partial charge is 0.141 e. The Morgan fingerprint density at radius 1 is 1.67 bits per heavy atom. The predicted octanol–water partition coefficient (Wildman–Crippen LogP) is 1.19. The van der Waals surface area contributed by atoms with Crippen molar-refractivity contribution in [3.8, 4) is 0 Å². The van der Waals surface area contributed by atoms with Crippen molar-refractivity contribution in [2.45, 2.75) is 20.3 Å². The van der Waals surface area contributed by atoms with Gasteiger partial charge in [-0.3, -0.25) is 4.79 Å². The van der Waals surface area contributed by atoms with Gasteiger partial charge in [-0.15, -0.1) is 0 Å². The van der Waals surface area contributed by atoms with Gasteiger partial charge in [0, 0.05) is 19.2 Å². The third-order valence-electron chi connectivity index (χ3n) is 1.76. The van der Waals surface area contributed by atoms with E-state index < -0.39 is 0 Å². The summed E-state index contributed by atoms with van der Waals surface area (Å²) >= 11 is 0. The maximum atomic E-state index is 11.3. The van der Waals surface area contributed by atoms with Gasteiger partial charge >= 0.3 is 0 Å². The van der Waals surface area contributed by atoms with E-state index in [0.29, 0.717) is 6.42 Å². The summed E-state index contributed by atoms with van der Waals surface area (Å²) in [7, 11) is 1.90. The van der Waals surface area contributed by atoms with Crippen LogP contribution in [0.25, 0.3) is 0 Å². The first-order chi connectivity index (χ1) is 5.59. The Hall–Kier alpha value is -1.12. The van der Waals surface area contributed by atoms with Crippen LogP contribution in [0.15, 0.2) is 12.5 Å². The van der Waals surface area contributed by atoms with E-state index in [1.165, 1.54) is 0 Å². The van der Waals surface area contributed by atoms with Gasteiger partial charge in [-0.1, -0.05) is 13.8 Å². The highest BCUT2D eigenvalue weighted by Crippen LogP contribution is 2.02. The summed E-state index contributed by atoms with van der Waals surface area (Å²) in [4.78, 5) is 15.4. The molecule has 66 valence electrons. The predicted molar refractivity (Wildman–Crippen MR) is 46.8 cm³/mol. The molecule has 0 unspecified atom stereocenters. The topological polar surface area (TPSA) is 34.9 Å². The molecule has 1 rings (SSSR count). The average Bonchev–Trinajstić information content (AvgIpc) is 2.35. The van der Waals surface area contributed by atoms with Crippen LogP contribution >= 0.6 is 0 Å². The van der Waals surface area contributed by atoms with Crippen molar-refractivity contribution >= 4 is 5.78 Å². The lowest BCUT2D eigenvalue weighted by atomic mass is 10.1. The van der Waals surface area contributed by atoms with Crippen LogP contribution in [-0.2, 0) is 18.3 Å². The molecule has 0 saturated carbocycles. The number of hydrogen-bond acceptors (Lipinski definition) is 2. The molecule has 0 spiro atoms. The van der Waals surface area contributed by atoms with Crippen molar-refractivity contribution in [2.24, 2.45) is 13.0 Å². The van der Waals surface area contributed by atoms with Crippen LogP contribution in [0.3, 0.4) is 0 Å². The zero-order valence-electron chi connectivity index (χ0n) is 7.74. The Balaban J connectivity index is 2.58. The Morgan fingerprint density at radius 3 is 2.75 bits per heavy atom. The molecule has 1 aromatic rings. The lowest BCUT2D eigenvalue weighted by Crippen LogP contribution is -2.10. The molecule has 3 nitrogen and oxygen atoms in total. The summed E-state index contributed by atoms with van der Waals surface area (Å²) in [6.07, 6.45) is 4.04. The van der Waals surface area contributed by atoms with E-state index in [0.717, 1.165) is 5.69 Å². The largest absolute Gasteiger partial charge is 0.340 e. The normalized spacial score (nSPS) is 10.7. The number of aromatic nitrogens is 2. The van der Waals surface area contributed by atoms with E-state index in [-0.39, 0.29) is 11.7 Å². The molecule has 1 heterocycles. The number of hydrogen-bond donors (Lipinski definition) is 0. The molecule has 0 N–H and O–H groups in total. The monoisotopic (exact) mass is 166 g/mol. The van der Waals surface area contributed by atoms with Gasteiger partial charge in [-0.25, -0.2) is 4.98 Å². The highest BCUT2D eigenvalue weighted by atomic mass is 16.1. The Labute approximate surface area is 72.4 Å². The summed E-state index contributed by atoms with van der Waals surface area (Å²) < 4.78 is 1.85. The molecule has 0 aromatic carbocycles. The van der Waals surface area contributed by atoms with Crippen molar-refractivity contribution in [3.05, 3.63) is 18.2 Å². The molecule has 0 aliphatic heterocycles. The highest BCUT2D eigenvalue weighted by Gasteiger charge is 2.09. The molecule has 12 heavy (non-hydrogen) atoms. The molecule has 1 aromatic heterocycles. The second-order valence-corrected chi connectivity index (χ2v) is 3.33. The molecule has 0 radical (unpaired) electrons. The zero-order chi connectivity index (χ0) is 9.14. The number of carbonyl (C=O) groups excluding carboxylic acids is 1. The maximum Gasteiger partial charge on any atom is 0.141 e. The number of nitrogens with zero attached hydrogens (tertiary/aromatic N) is 2. The first kappa shape index (κ1) is 8.97. The van der Waals surface area contributed by atoms with Gasteiger partial charge in [0.05, 0.1) is 18.4 Å². The molecular formula is C9H14N2O. The molecular weight excluding hydrogens is 152 g/mol. The van der Waals surface area contributed by atoms with E-state index in [4.69, 9.17) is 0 Å². The minimum absolute atomic E-state index is 0.104. The first-order valence-electron chi connectivity index (χ1n) is 4.09. The van der Waals surface area contributed by atoms with E-state index in [9.17, 15) is 4.79 Å². The number of carbonyl (C=O) groups is 1. The summed E-state index contributed by atoms with van der Waals surface area (Å²) in [5.41, 5.74) is 0.858. The minimum atomic E-state index is 0.104. The number of ketones is 1. The van der Waals surface area contributed by atoms with Crippen molar-refractivity contribution in [1.82, 2.24) is 9.55 Å². The van der Waals surface area contributed by atoms with Crippen LogP contribution in [0, 0.1) is 5.92 Å². The highest BCUT2D eigenvalue weighted by molar-refractivity contribution is 5.82. The fourth-order valence-electron chi connectivity index (χ4n) is 0.941. The van der Waals surface area contributed by atoms with Gasteiger partial charge in [0.1, 0.15) is 5.78 Å². The number of Topliss-reactive ketones (excluding diaryl/α,β-unsaturated/α-hetero) is 1. The molecule has 0 saturated heterocycles. The average molecular weight is 166 g/mol.